The summed E-state index contributed by atoms with van der Waals surface area (Å²) in [7, 11) is 4.38. The first kappa shape index (κ1) is 14.3. The van der Waals surface area contributed by atoms with E-state index in [1.165, 1.54) is 25.9 Å². The summed E-state index contributed by atoms with van der Waals surface area (Å²) in [5, 5.41) is 0. The van der Waals surface area contributed by atoms with Crippen LogP contribution in [0.4, 0.5) is 0 Å². The second kappa shape index (κ2) is 5.87. The molecule has 0 aliphatic carbocycles. The average molecular weight is 255 g/mol. The van der Waals surface area contributed by atoms with Gasteiger partial charge in [0.25, 0.3) is 0 Å². The van der Waals surface area contributed by atoms with E-state index in [4.69, 9.17) is 10.5 Å². The van der Waals surface area contributed by atoms with Crippen LogP contribution in [-0.4, -0.2) is 68.3 Å². The lowest BCUT2D eigenvalue weighted by atomic mass is 9.78. The minimum absolute atomic E-state index is 0.190. The SMILES string of the molecule is CC1COCCC1(CN)N1CCC(N(C)C)CC1. The molecule has 4 nitrogen and oxygen atoms in total. The van der Waals surface area contributed by atoms with Gasteiger partial charge in [0, 0.05) is 37.8 Å². The van der Waals surface area contributed by atoms with E-state index in [2.05, 4.69) is 30.8 Å². The molecule has 2 fully saturated rings. The van der Waals surface area contributed by atoms with Gasteiger partial charge in [0.1, 0.15) is 0 Å². The van der Waals surface area contributed by atoms with Gasteiger partial charge in [0.05, 0.1) is 6.61 Å². The number of piperidine rings is 1. The third kappa shape index (κ3) is 2.57. The molecular formula is C14H29N3O. The van der Waals surface area contributed by atoms with Crippen LogP contribution in [-0.2, 0) is 4.74 Å². The molecule has 2 aliphatic heterocycles. The minimum Gasteiger partial charge on any atom is -0.381 e. The third-order valence-corrected chi connectivity index (χ3v) is 5.14. The van der Waals surface area contributed by atoms with Crippen molar-refractivity contribution >= 4 is 0 Å². The molecular weight excluding hydrogens is 226 g/mol. The van der Waals surface area contributed by atoms with E-state index in [0.717, 1.165) is 32.2 Å². The van der Waals surface area contributed by atoms with Crippen LogP contribution in [0.15, 0.2) is 0 Å². The molecule has 18 heavy (non-hydrogen) atoms. The van der Waals surface area contributed by atoms with Gasteiger partial charge in [-0.1, -0.05) is 6.92 Å². The van der Waals surface area contributed by atoms with Crippen LogP contribution in [0.3, 0.4) is 0 Å². The van der Waals surface area contributed by atoms with Gasteiger partial charge in [-0.05, 0) is 39.3 Å². The van der Waals surface area contributed by atoms with Crippen molar-refractivity contribution in [1.29, 1.82) is 0 Å². The molecule has 0 spiro atoms. The van der Waals surface area contributed by atoms with Crippen LogP contribution in [0.1, 0.15) is 26.2 Å². The minimum atomic E-state index is 0.190. The molecule has 0 aromatic heterocycles. The summed E-state index contributed by atoms with van der Waals surface area (Å²) in [5.74, 6) is 0.548. The molecule has 106 valence electrons. The zero-order valence-corrected chi connectivity index (χ0v) is 12.2. The van der Waals surface area contributed by atoms with E-state index in [0.29, 0.717) is 5.92 Å². The third-order valence-electron chi connectivity index (χ3n) is 5.14. The van der Waals surface area contributed by atoms with Gasteiger partial charge in [0.2, 0.25) is 0 Å². The maximum absolute atomic E-state index is 6.15. The number of rotatable bonds is 3. The van der Waals surface area contributed by atoms with Crippen molar-refractivity contribution in [2.45, 2.75) is 37.8 Å². The normalized spacial score (nSPS) is 36.2. The van der Waals surface area contributed by atoms with Crippen molar-refractivity contribution < 1.29 is 4.74 Å². The summed E-state index contributed by atoms with van der Waals surface area (Å²) < 4.78 is 5.60. The summed E-state index contributed by atoms with van der Waals surface area (Å²) in [4.78, 5) is 5.01. The highest BCUT2D eigenvalue weighted by Gasteiger charge is 2.43. The molecule has 0 radical (unpaired) electrons. The Morgan fingerprint density at radius 2 is 2.00 bits per heavy atom. The second-order valence-electron chi connectivity index (χ2n) is 6.22. The maximum atomic E-state index is 6.15. The molecule has 2 atom stereocenters. The van der Waals surface area contributed by atoms with Crippen LogP contribution in [0.2, 0.25) is 0 Å². The molecule has 2 N–H and O–H groups in total. The van der Waals surface area contributed by atoms with E-state index in [1.807, 2.05) is 0 Å². The van der Waals surface area contributed by atoms with Crippen molar-refractivity contribution in [1.82, 2.24) is 9.80 Å². The fourth-order valence-corrected chi connectivity index (χ4v) is 3.64. The van der Waals surface area contributed by atoms with Gasteiger partial charge in [-0.25, -0.2) is 0 Å². The lowest BCUT2D eigenvalue weighted by molar-refractivity contribution is -0.0772. The Kier molecular flexibility index (Phi) is 4.64. The molecule has 0 bridgehead atoms. The van der Waals surface area contributed by atoms with Crippen molar-refractivity contribution in [3.05, 3.63) is 0 Å². The predicted molar refractivity (Wildman–Crippen MR) is 74.7 cm³/mol. The first-order valence-electron chi connectivity index (χ1n) is 7.29. The number of ether oxygens (including phenoxy) is 1. The molecule has 2 rings (SSSR count). The van der Waals surface area contributed by atoms with Crippen LogP contribution in [0, 0.1) is 5.92 Å². The Bertz CT molecular complexity index is 264. The number of nitrogens with zero attached hydrogens (tertiary/aromatic N) is 2. The molecule has 4 heteroatoms. The molecule has 2 saturated heterocycles. The highest BCUT2D eigenvalue weighted by atomic mass is 16.5. The molecule has 0 aromatic rings. The molecule has 0 amide bonds. The fraction of sp³-hybridized carbons (Fsp3) is 1.00. The fourth-order valence-electron chi connectivity index (χ4n) is 3.64. The summed E-state index contributed by atoms with van der Waals surface area (Å²) in [6.45, 7) is 7.17. The predicted octanol–water partition coefficient (Wildman–Crippen LogP) is 0.766. The Morgan fingerprint density at radius 3 is 2.50 bits per heavy atom. The van der Waals surface area contributed by atoms with Crippen LogP contribution >= 0.6 is 0 Å². The van der Waals surface area contributed by atoms with E-state index in [1.54, 1.807) is 0 Å². The average Bonchev–Trinajstić information content (AvgIpc) is 2.40. The van der Waals surface area contributed by atoms with Crippen molar-refractivity contribution in [2.24, 2.45) is 11.7 Å². The monoisotopic (exact) mass is 255 g/mol. The summed E-state index contributed by atoms with van der Waals surface area (Å²) in [6.07, 6.45) is 3.63. The number of hydrogen-bond acceptors (Lipinski definition) is 4. The van der Waals surface area contributed by atoms with Gasteiger partial charge >= 0.3 is 0 Å². The van der Waals surface area contributed by atoms with Gasteiger partial charge in [-0.2, -0.15) is 0 Å². The van der Waals surface area contributed by atoms with Gasteiger partial charge in [0.15, 0.2) is 0 Å². The number of hydrogen-bond donors (Lipinski definition) is 1. The molecule has 0 saturated carbocycles. The van der Waals surface area contributed by atoms with E-state index < -0.39 is 0 Å². The lowest BCUT2D eigenvalue weighted by Crippen LogP contribution is -2.63. The molecule has 2 unspecified atom stereocenters. The quantitative estimate of drug-likeness (QED) is 0.809. The molecule has 0 aromatic carbocycles. The Balaban J connectivity index is 2.01. The maximum Gasteiger partial charge on any atom is 0.0509 e. The van der Waals surface area contributed by atoms with E-state index >= 15 is 0 Å². The zero-order valence-electron chi connectivity index (χ0n) is 12.2. The first-order valence-corrected chi connectivity index (χ1v) is 7.29. The van der Waals surface area contributed by atoms with Crippen molar-refractivity contribution in [3.63, 3.8) is 0 Å². The summed E-state index contributed by atoms with van der Waals surface area (Å²) in [5.41, 5.74) is 6.34. The smallest absolute Gasteiger partial charge is 0.0509 e. The van der Waals surface area contributed by atoms with Crippen molar-refractivity contribution in [2.75, 3.05) is 46.9 Å². The number of nitrogens with two attached hydrogens (primary N) is 1. The Labute approximate surface area is 111 Å². The Hall–Kier alpha value is -0.160. The molecule has 2 heterocycles. The highest BCUT2D eigenvalue weighted by molar-refractivity contribution is 4.99. The zero-order chi connectivity index (χ0) is 13.2. The summed E-state index contributed by atoms with van der Waals surface area (Å²) in [6, 6.07) is 0.742. The summed E-state index contributed by atoms with van der Waals surface area (Å²) >= 11 is 0. The topological polar surface area (TPSA) is 41.7 Å². The largest absolute Gasteiger partial charge is 0.381 e. The van der Waals surface area contributed by atoms with Crippen LogP contribution in [0.25, 0.3) is 0 Å². The highest BCUT2D eigenvalue weighted by Crippen LogP contribution is 2.34. The second-order valence-corrected chi connectivity index (χ2v) is 6.22. The van der Waals surface area contributed by atoms with E-state index in [-0.39, 0.29) is 5.54 Å². The van der Waals surface area contributed by atoms with Crippen LogP contribution < -0.4 is 5.73 Å². The van der Waals surface area contributed by atoms with Crippen molar-refractivity contribution in [3.8, 4) is 0 Å². The van der Waals surface area contributed by atoms with Gasteiger partial charge in [-0.3, -0.25) is 4.90 Å². The van der Waals surface area contributed by atoms with Gasteiger partial charge in [-0.15, -0.1) is 0 Å². The van der Waals surface area contributed by atoms with Crippen LogP contribution in [0.5, 0.6) is 0 Å². The van der Waals surface area contributed by atoms with Gasteiger partial charge < -0.3 is 15.4 Å². The lowest BCUT2D eigenvalue weighted by Gasteiger charge is -2.52. The first-order chi connectivity index (χ1) is 8.60. The molecule has 2 aliphatic rings. The Morgan fingerprint density at radius 1 is 1.33 bits per heavy atom. The number of likely N-dealkylation sites (tertiary alicyclic amines) is 1. The standard InChI is InChI=1S/C14H29N3O/c1-12-10-18-9-6-14(12,11-15)17-7-4-13(5-8-17)16(2)3/h12-13H,4-11,15H2,1-3H3. The van der Waals surface area contributed by atoms with E-state index in [9.17, 15) is 0 Å².